The number of halogens is 1. The maximum absolute atomic E-state index is 3.92. The molecule has 1 heterocycles. The number of anilines is 1. The van der Waals surface area contributed by atoms with E-state index in [1.54, 1.807) is 10.9 Å². The summed E-state index contributed by atoms with van der Waals surface area (Å²) in [7, 11) is 1.89. The summed E-state index contributed by atoms with van der Waals surface area (Å²) in [6, 6.07) is 12.5. The van der Waals surface area contributed by atoms with Crippen molar-refractivity contribution in [2.75, 3.05) is 5.32 Å². The number of fused-ring (bicyclic) bond motifs is 1. The Morgan fingerprint density at radius 1 is 1.16 bits per heavy atom. The van der Waals surface area contributed by atoms with Gasteiger partial charge < -0.3 is 5.32 Å². The van der Waals surface area contributed by atoms with E-state index in [2.05, 4.69) is 55.8 Å². The van der Waals surface area contributed by atoms with Crippen molar-refractivity contribution in [2.24, 2.45) is 7.05 Å². The van der Waals surface area contributed by atoms with E-state index in [1.165, 1.54) is 10.8 Å². The van der Waals surface area contributed by atoms with Crippen LogP contribution in [-0.2, 0) is 13.6 Å². The normalized spacial score (nSPS) is 10.8. The van der Waals surface area contributed by atoms with Gasteiger partial charge in [0.25, 0.3) is 0 Å². The Bertz CT molecular complexity index is 720. The smallest absolute Gasteiger partial charge is 0.0774 e. The molecule has 1 N–H and O–H groups in total. The first-order chi connectivity index (χ1) is 9.25. The Balaban J connectivity index is 1.93. The van der Waals surface area contributed by atoms with Crippen LogP contribution in [0, 0.1) is 0 Å². The monoisotopic (exact) mass is 316 g/mol. The summed E-state index contributed by atoms with van der Waals surface area (Å²) in [6.07, 6.45) is 1.77. The van der Waals surface area contributed by atoms with Gasteiger partial charge in [0.15, 0.2) is 0 Å². The van der Waals surface area contributed by atoms with Crippen LogP contribution in [0.25, 0.3) is 10.8 Å². The van der Waals surface area contributed by atoms with E-state index in [9.17, 15) is 0 Å². The van der Waals surface area contributed by atoms with Gasteiger partial charge in [-0.1, -0.05) is 45.4 Å². The molecule has 1 aromatic heterocycles. The van der Waals surface area contributed by atoms with E-state index in [-0.39, 0.29) is 0 Å². The third-order valence-electron chi connectivity index (χ3n) is 3.14. The summed E-state index contributed by atoms with van der Waals surface area (Å²) < 4.78 is 2.88. The van der Waals surface area contributed by atoms with Gasteiger partial charge in [-0.25, -0.2) is 0 Å². The van der Waals surface area contributed by atoms with Crippen LogP contribution in [0.5, 0.6) is 0 Å². The number of nitrogens with one attached hydrogen (secondary N) is 1. The van der Waals surface area contributed by atoms with Crippen LogP contribution in [0.1, 0.15) is 5.69 Å². The Kier molecular flexibility index (Phi) is 3.21. The predicted octanol–water partition coefficient (Wildman–Crippen LogP) is 3.34. The first-order valence-corrected chi connectivity index (χ1v) is 6.79. The van der Waals surface area contributed by atoms with Crippen LogP contribution < -0.4 is 5.32 Å². The van der Waals surface area contributed by atoms with E-state index >= 15 is 0 Å². The van der Waals surface area contributed by atoms with Crippen LogP contribution in [0.4, 0.5) is 5.69 Å². The zero-order chi connectivity index (χ0) is 13.2. The van der Waals surface area contributed by atoms with Crippen LogP contribution >= 0.6 is 15.9 Å². The van der Waals surface area contributed by atoms with Crippen molar-refractivity contribution >= 4 is 32.4 Å². The second-order valence-corrected chi connectivity index (χ2v) is 5.20. The van der Waals surface area contributed by atoms with Crippen LogP contribution in [0.15, 0.2) is 47.1 Å². The van der Waals surface area contributed by atoms with Gasteiger partial charge in [0.05, 0.1) is 18.4 Å². The Labute approximate surface area is 119 Å². The van der Waals surface area contributed by atoms with Crippen LogP contribution in [-0.4, -0.2) is 15.0 Å². The summed E-state index contributed by atoms with van der Waals surface area (Å²) in [5.41, 5.74) is 2.16. The molecule has 0 unspecified atom stereocenters. The summed E-state index contributed by atoms with van der Waals surface area (Å²) in [6.45, 7) is 0.703. The fourth-order valence-electron chi connectivity index (χ4n) is 2.07. The Morgan fingerprint density at radius 2 is 1.95 bits per heavy atom. The molecule has 0 spiro atoms. The molecule has 4 nitrogen and oxygen atoms in total. The number of hydrogen-bond donors (Lipinski definition) is 1. The van der Waals surface area contributed by atoms with Crippen molar-refractivity contribution in [3.8, 4) is 0 Å². The van der Waals surface area contributed by atoms with Crippen molar-refractivity contribution in [3.05, 3.63) is 52.8 Å². The molecular weight excluding hydrogens is 304 g/mol. The van der Waals surface area contributed by atoms with E-state index in [1.807, 2.05) is 19.2 Å². The third-order valence-corrected chi connectivity index (χ3v) is 3.83. The van der Waals surface area contributed by atoms with E-state index in [0.717, 1.165) is 15.9 Å². The topological polar surface area (TPSA) is 42.7 Å². The fraction of sp³-hybridized carbons (Fsp3) is 0.143. The SMILES string of the molecule is Cn1nncc1CNc1ccc(Br)c2ccccc12. The molecule has 96 valence electrons. The van der Waals surface area contributed by atoms with Gasteiger partial charge in [-0.05, 0) is 17.5 Å². The lowest BCUT2D eigenvalue weighted by atomic mass is 10.1. The summed E-state index contributed by atoms with van der Waals surface area (Å²) in [5, 5.41) is 13.6. The van der Waals surface area contributed by atoms with Gasteiger partial charge in [-0.2, -0.15) is 0 Å². The molecule has 5 heteroatoms. The van der Waals surface area contributed by atoms with Gasteiger partial charge in [0.1, 0.15) is 0 Å². The molecule has 3 rings (SSSR count). The van der Waals surface area contributed by atoms with Gasteiger partial charge in [-0.15, -0.1) is 5.10 Å². The van der Waals surface area contributed by atoms with E-state index in [4.69, 9.17) is 0 Å². The molecule has 0 saturated heterocycles. The first kappa shape index (κ1) is 12.2. The highest BCUT2D eigenvalue weighted by Gasteiger charge is 2.05. The van der Waals surface area contributed by atoms with Crippen molar-refractivity contribution in [3.63, 3.8) is 0 Å². The molecule has 2 aromatic carbocycles. The lowest BCUT2D eigenvalue weighted by Crippen LogP contribution is -2.05. The number of hydrogen-bond acceptors (Lipinski definition) is 3. The zero-order valence-corrected chi connectivity index (χ0v) is 12.1. The summed E-state index contributed by atoms with van der Waals surface area (Å²) in [5.74, 6) is 0. The quantitative estimate of drug-likeness (QED) is 0.805. The number of rotatable bonds is 3. The molecule has 0 aliphatic heterocycles. The summed E-state index contributed by atoms with van der Waals surface area (Å²) in [4.78, 5) is 0. The maximum atomic E-state index is 3.92. The lowest BCUT2D eigenvalue weighted by molar-refractivity contribution is 0.683. The molecule has 0 radical (unpaired) electrons. The summed E-state index contributed by atoms with van der Waals surface area (Å²) >= 11 is 3.58. The van der Waals surface area contributed by atoms with Crippen molar-refractivity contribution < 1.29 is 0 Å². The molecule has 0 aliphatic carbocycles. The molecule has 19 heavy (non-hydrogen) atoms. The fourth-order valence-corrected chi connectivity index (χ4v) is 2.55. The molecular formula is C14H13BrN4. The van der Waals surface area contributed by atoms with Gasteiger partial charge in [0, 0.05) is 22.6 Å². The average molecular weight is 317 g/mol. The molecule has 3 aromatic rings. The average Bonchev–Trinajstić information content (AvgIpc) is 2.84. The second-order valence-electron chi connectivity index (χ2n) is 4.34. The molecule has 0 amide bonds. The van der Waals surface area contributed by atoms with Crippen LogP contribution in [0.3, 0.4) is 0 Å². The molecule has 0 aliphatic rings. The molecule has 0 fully saturated rings. The lowest BCUT2D eigenvalue weighted by Gasteiger charge is -2.10. The van der Waals surface area contributed by atoms with E-state index < -0.39 is 0 Å². The predicted molar refractivity (Wildman–Crippen MR) is 80.0 cm³/mol. The first-order valence-electron chi connectivity index (χ1n) is 6.00. The molecule has 0 bridgehead atoms. The largest absolute Gasteiger partial charge is 0.379 e. The van der Waals surface area contributed by atoms with Crippen molar-refractivity contribution in [2.45, 2.75) is 6.54 Å². The molecule has 0 saturated carbocycles. The van der Waals surface area contributed by atoms with Crippen LogP contribution in [0.2, 0.25) is 0 Å². The highest BCUT2D eigenvalue weighted by molar-refractivity contribution is 9.10. The minimum atomic E-state index is 0.703. The standard InChI is InChI=1S/C14H13BrN4/c1-19-10(9-17-18-19)8-16-14-7-6-13(15)11-4-2-3-5-12(11)14/h2-7,9,16H,8H2,1H3. The van der Waals surface area contributed by atoms with Gasteiger partial charge >= 0.3 is 0 Å². The maximum Gasteiger partial charge on any atom is 0.0774 e. The minimum absolute atomic E-state index is 0.703. The number of benzene rings is 2. The third kappa shape index (κ3) is 2.33. The number of nitrogens with zero attached hydrogens (tertiary/aromatic N) is 3. The minimum Gasteiger partial charge on any atom is -0.379 e. The highest BCUT2D eigenvalue weighted by Crippen LogP contribution is 2.30. The van der Waals surface area contributed by atoms with Crippen molar-refractivity contribution in [1.29, 1.82) is 0 Å². The second kappa shape index (κ2) is 5.01. The van der Waals surface area contributed by atoms with Crippen molar-refractivity contribution in [1.82, 2.24) is 15.0 Å². The Hall–Kier alpha value is -1.88. The Morgan fingerprint density at radius 3 is 2.68 bits per heavy atom. The molecule has 0 atom stereocenters. The van der Waals surface area contributed by atoms with E-state index in [0.29, 0.717) is 6.54 Å². The van der Waals surface area contributed by atoms with Gasteiger partial charge in [-0.3, -0.25) is 4.68 Å². The van der Waals surface area contributed by atoms with Gasteiger partial charge in [0.2, 0.25) is 0 Å². The number of aromatic nitrogens is 3. The highest BCUT2D eigenvalue weighted by atomic mass is 79.9. The zero-order valence-electron chi connectivity index (χ0n) is 10.5. The number of aryl methyl sites for hydroxylation is 1.